The number of benzene rings is 1. The highest BCUT2D eigenvalue weighted by molar-refractivity contribution is 5.65. The fraction of sp³-hybridized carbons (Fsp3) is 0.467. The third-order valence-electron chi connectivity index (χ3n) is 3.52. The summed E-state index contributed by atoms with van der Waals surface area (Å²) in [7, 11) is 0. The summed E-state index contributed by atoms with van der Waals surface area (Å²) in [6.07, 6.45) is 0. The molecule has 0 atom stereocenters. The third kappa shape index (κ3) is 2.31. The Hall–Kier alpha value is -1.04. The van der Waals surface area contributed by atoms with E-state index in [9.17, 15) is 0 Å². The summed E-state index contributed by atoms with van der Waals surface area (Å²) in [5.74, 6) is 0.623. The highest BCUT2D eigenvalue weighted by atomic mass is 14.3. The first-order valence-corrected chi connectivity index (χ1v) is 5.62. The Balaban J connectivity index is 3.31. The topological polar surface area (TPSA) is 0 Å². The second-order valence-corrected chi connectivity index (χ2v) is 5.20. The number of allylic oxidation sites excluding steroid dienone is 1. The highest BCUT2D eigenvalue weighted by Crippen LogP contribution is 2.35. The van der Waals surface area contributed by atoms with E-state index in [4.69, 9.17) is 0 Å². The fourth-order valence-corrected chi connectivity index (χ4v) is 1.73. The van der Waals surface area contributed by atoms with Gasteiger partial charge in [0.05, 0.1) is 0 Å². The largest absolute Gasteiger partial charge is 0.0955 e. The molecular formula is C15H22. The van der Waals surface area contributed by atoms with Gasteiger partial charge in [0.1, 0.15) is 0 Å². The van der Waals surface area contributed by atoms with Gasteiger partial charge in [-0.3, -0.25) is 0 Å². The minimum atomic E-state index is 0.204. The molecule has 1 aromatic carbocycles. The van der Waals surface area contributed by atoms with Crippen molar-refractivity contribution in [1.82, 2.24) is 0 Å². The predicted octanol–water partition coefficient (Wildman–Crippen LogP) is 4.65. The quantitative estimate of drug-likeness (QED) is 0.669. The molecule has 1 rings (SSSR count). The first-order valence-electron chi connectivity index (χ1n) is 5.62. The van der Waals surface area contributed by atoms with E-state index >= 15 is 0 Å². The SMILES string of the molecule is C=C(C)c1ccccc1C(C)(C)C(C)C. The lowest BCUT2D eigenvalue weighted by Crippen LogP contribution is -2.25. The van der Waals surface area contributed by atoms with E-state index in [0.29, 0.717) is 5.92 Å². The van der Waals surface area contributed by atoms with Gasteiger partial charge in [0.25, 0.3) is 0 Å². The molecule has 0 aliphatic carbocycles. The second-order valence-electron chi connectivity index (χ2n) is 5.20. The minimum absolute atomic E-state index is 0.204. The predicted molar refractivity (Wildman–Crippen MR) is 69.0 cm³/mol. The van der Waals surface area contributed by atoms with Crippen LogP contribution in [-0.4, -0.2) is 0 Å². The minimum Gasteiger partial charge on any atom is -0.0955 e. The number of rotatable bonds is 3. The summed E-state index contributed by atoms with van der Waals surface area (Å²) in [5, 5.41) is 0. The lowest BCUT2D eigenvalue weighted by atomic mass is 9.73. The standard InChI is InChI=1S/C15H22/c1-11(2)13-9-7-8-10-14(13)15(5,6)12(3)4/h7-10,12H,1H2,2-6H3. The van der Waals surface area contributed by atoms with Crippen LogP contribution in [0.1, 0.15) is 45.7 Å². The summed E-state index contributed by atoms with van der Waals surface area (Å²) in [4.78, 5) is 0. The molecule has 1 aromatic rings. The highest BCUT2D eigenvalue weighted by Gasteiger charge is 2.26. The van der Waals surface area contributed by atoms with Gasteiger partial charge in [-0.1, -0.05) is 64.1 Å². The molecular weight excluding hydrogens is 180 g/mol. The molecule has 0 aliphatic rings. The Labute approximate surface area is 94.0 Å². The van der Waals surface area contributed by atoms with E-state index in [0.717, 1.165) is 5.57 Å². The van der Waals surface area contributed by atoms with E-state index < -0.39 is 0 Å². The van der Waals surface area contributed by atoms with Crippen LogP contribution in [0.5, 0.6) is 0 Å². The summed E-state index contributed by atoms with van der Waals surface area (Å²) in [5.41, 5.74) is 4.07. The van der Waals surface area contributed by atoms with Gasteiger partial charge < -0.3 is 0 Å². The average Bonchev–Trinajstić information content (AvgIpc) is 2.17. The monoisotopic (exact) mass is 202 g/mol. The smallest absolute Gasteiger partial charge is 0.00745 e. The van der Waals surface area contributed by atoms with Crippen molar-refractivity contribution in [2.45, 2.75) is 40.0 Å². The van der Waals surface area contributed by atoms with Crippen molar-refractivity contribution in [2.75, 3.05) is 0 Å². The molecule has 0 saturated heterocycles. The molecule has 0 N–H and O–H groups in total. The van der Waals surface area contributed by atoms with Crippen LogP contribution >= 0.6 is 0 Å². The van der Waals surface area contributed by atoms with Crippen LogP contribution < -0.4 is 0 Å². The molecule has 0 fully saturated rings. The number of hydrogen-bond donors (Lipinski definition) is 0. The van der Waals surface area contributed by atoms with E-state index in [1.807, 2.05) is 0 Å². The van der Waals surface area contributed by atoms with Crippen molar-refractivity contribution < 1.29 is 0 Å². The third-order valence-corrected chi connectivity index (χ3v) is 3.52. The molecule has 0 amide bonds. The van der Waals surface area contributed by atoms with Gasteiger partial charge in [-0.15, -0.1) is 0 Å². The Morgan fingerprint density at radius 3 is 2.20 bits per heavy atom. The van der Waals surface area contributed by atoms with Crippen LogP contribution in [-0.2, 0) is 5.41 Å². The lowest BCUT2D eigenvalue weighted by molar-refractivity contribution is 0.371. The van der Waals surface area contributed by atoms with Crippen LogP contribution in [0.4, 0.5) is 0 Å². The Bertz CT molecular complexity index is 356. The molecule has 0 aromatic heterocycles. The van der Waals surface area contributed by atoms with E-state index in [1.165, 1.54) is 11.1 Å². The maximum atomic E-state index is 4.06. The molecule has 0 nitrogen and oxygen atoms in total. The van der Waals surface area contributed by atoms with Gasteiger partial charge >= 0.3 is 0 Å². The summed E-state index contributed by atoms with van der Waals surface area (Å²) in [6.45, 7) is 15.3. The molecule has 0 saturated carbocycles. The lowest BCUT2D eigenvalue weighted by Gasteiger charge is -2.32. The fourth-order valence-electron chi connectivity index (χ4n) is 1.73. The van der Waals surface area contributed by atoms with Gasteiger partial charge in [-0.05, 0) is 29.4 Å². The first-order chi connectivity index (χ1) is 6.87. The van der Waals surface area contributed by atoms with Crippen LogP contribution in [0, 0.1) is 5.92 Å². The summed E-state index contributed by atoms with van der Waals surface area (Å²) in [6, 6.07) is 8.60. The first kappa shape index (κ1) is 12.0. The van der Waals surface area contributed by atoms with Crippen molar-refractivity contribution >= 4 is 5.57 Å². The zero-order valence-electron chi connectivity index (χ0n) is 10.6. The second kappa shape index (κ2) is 4.22. The van der Waals surface area contributed by atoms with Gasteiger partial charge in [-0.25, -0.2) is 0 Å². The van der Waals surface area contributed by atoms with Crippen LogP contribution in [0.15, 0.2) is 30.8 Å². The normalized spacial score (nSPS) is 11.9. The molecule has 0 heteroatoms. The average molecular weight is 202 g/mol. The van der Waals surface area contributed by atoms with Gasteiger partial charge in [-0.2, -0.15) is 0 Å². The van der Waals surface area contributed by atoms with Crippen LogP contribution in [0.25, 0.3) is 5.57 Å². The molecule has 0 heterocycles. The number of hydrogen-bond acceptors (Lipinski definition) is 0. The van der Waals surface area contributed by atoms with Crippen molar-refractivity contribution in [3.8, 4) is 0 Å². The Kier molecular flexibility index (Phi) is 3.38. The molecule has 0 unspecified atom stereocenters. The van der Waals surface area contributed by atoms with E-state index in [2.05, 4.69) is 65.5 Å². The maximum absolute atomic E-state index is 4.06. The van der Waals surface area contributed by atoms with Crippen molar-refractivity contribution in [3.63, 3.8) is 0 Å². The zero-order valence-corrected chi connectivity index (χ0v) is 10.6. The maximum Gasteiger partial charge on any atom is -0.00745 e. The molecule has 0 radical (unpaired) electrons. The summed E-state index contributed by atoms with van der Waals surface area (Å²) >= 11 is 0. The van der Waals surface area contributed by atoms with Crippen molar-refractivity contribution in [2.24, 2.45) is 5.92 Å². The molecule has 0 spiro atoms. The summed E-state index contributed by atoms with van der Waals surface area (Å²) < 4.78 is 0. The van der Waals surface area contributed by atoms with E-state index in [1.54, 1.807) is 0 Å². The molecule has 0 bridgehead atoms. The van der Waals surface area contributed by atoms with Gasteiger partial charge in [0, 0.05) is 0 Å². The molecule has 0 aliphatic heterocycles. The Morgan fingerprint density at radius 1 is 1.20 bits per heavy atom. The van der Waals surface area contributed by atoms with E-state index in [-0.39, 0.29) is 5.41 Å². The molecule has 82 valence electrons. The van der Waals surface area contributed by atoms with Crippen LogP contribution in [0.2, 0.25) is 0 Å². The van der Waals surface area contributed by atoms with Crippen molar-refractivity contribution in [1.29, 1.82) is 0 Å². The van der Waals surface area contributed by atoms with Gasteiger partial charge in [0.2, 0.25) is 0 Å². The van der Waals surface area contributed by atoms with Crippen molar-refractivity contribution in [3.05, 3.63) is 42.0 Å². The Morgan fingerprint density at radius 2 is 1.73 bits per heavy atom. The van der Waals surface area contributed by atoms with Crippen LogP contribution in [0.3, 0.4) is 0 Å². The molecule has 15 heavy (non-hydrogen) atoms. The van der Waals surface area contributed by atoms with Gasteiger partial charge in [0.15, 0.2) is 0 Å². The zero-order chi connectivity index (χ0) is 11.6.